The molecule has 1 unspecified atom stereocenters. The summed E-state index contributed by atoms with van der Waals surface area (Å²) in [6, 6.07) is 12.3. The standard InChI is InChI=1S/C23H27F3N2O2.CH4O3S/c1-27(22(29)14-17-8-10-19(11-9-17)23(24,25)26)21(16-28-12-3-4-13-28)18-6-5-7-20(15-18)30-2;1-5(2,3)4/h5-11,15,21H,3-4,12-14,16H2,1-2H3;1H3,(H,2,3,4). The van der Waals surface area contributed by atoms with Crippen molar-refractivity contribution in [3.63, 3.8) is 0 Å². The lowest BCUT2D eigenvalue weighted by Gasteiger charge is -2.32. The van der Waals surface area contributed by atoms with Crippen LogP contribution in [0.4, 0.5) is 13.2 Å². The van der Waals surface area contributed by atoms with E-state index in [1.807, 2.05) is 24.3 Å². The van der Waals surface area contributed by atoms with Gasteiger partial charge in [-0.2, -0.15) is 21.6 Å². The first kappa shape index (κ1) is 28.6. The molecule has 1 fully saturated rings. The van der Waals surface area contributed by atoms with Crippen molar-refractivity contribution < 1.29 is 35.7 Å². The molecule has 7 nitrogen and oxygen atoms in total. The summed E-state index contributed by atoms with van der Waals surface area (Å²) in [4.78, 5) is 17.0. The van der Waals surface area contributed by atoms with Crippen LogP contribution in [0.25, 0.3) is 0 Å². The van der Waals surface area contributed by atoms with E-state index in [0.29, 0.717) is 18.4 Å². The molecule has 0 saturated carbocycles. The number of benzene rings is 2. The quantitative estimate of drug-likeness (QED) is 0.559. The lowest BCUT2D eigenvalue weighted by Crippen LogP contribution is -2.39. The summed E-state index contributed by atoms with van der Waals surface area (Å²) in [5, 5.41) is 0. The summed E-state index contributed by atoms with van der Waals surface area (Å²) in [6.07, 6.45) is -1.32. The number of amides is 1. The van der Waals surface area contributed by atoms with Crippen LogP contribution in [-0.4, -0.2) is 68.7 Å². The smallest absolute Gasteiger partial charge is 0.416 e. The molecule has 2 aromatic carbocycles. The number of likely N-dealkylation sites (N-methyl/N-ethyl adjacent to an activating group) is 1. The third-order valence-corrected chi connectivity index (χ3v) is 5.61. The van der Waals surface area contributed by atoms with Crippen LogP contribution in [-0.2, 0) is 27.5 Å². The Morgan fingerprint density at radius 2 is 1.71 bits per heavy atom. The molecule has 3 rings (SSSR count). The fourth-order valence-corrected chi connectivity index (χ4v) is 3.79. The van der Waals surface area contributed by atoms with Gasteiger partial charge >= 0.3 is 6.18 Å². The van der Waals surface area contributed by atoms with Gasteiger partial charge in [0.2, 0.25) is 5.91 Å². The molecule has 0 aliphatic carbocycles. The largest absolute Gasteiger partial charge is 0.497 e. The van der Waals surface area contributed by atoms with Gasteiger partial charge in [-0.05, 0) is 61.3 Å². The zero-order chi connectivity index (χ0) is 26.2. The van der Waals surface area contributed by atoms with Gasteiger partial charge in [-0.25, -0.2) is 0 Å². The van der Waals surface area contributed by atoms with Crippen LogP contribution in [0.5, 0.6) is 5.75 Å². The van der Waals surface area contributed by atoms with Crippen molar-refractivity contribution in [1.29, 1.82) is 0 Å². The number of halogens is 3. The van der Waals surface area contributed by atoms with Gasteiger partial charge in [0.15, 0.2) is 0 Å². The predicted octanol–water partition coefficient (Wildman–Crippen LogP) is 4.06. The van der Waals surface area contributed by atoms with Crippen molar-refractivity contribution in [2.75, 3.05) is 40.0 Å². The molecule has 0 radical (unpaired) electrons. The van der Waals surface area contributed by atoms with Crippen LogP contribution in [0.15, 0.2) is 48.5 Å². The van der Waals surface area contributed by atoms with Crippen molar-refractivity contribution in [2.24, 2.45) is 0 Å². The zero-order valence-corrected chi connectivity index (χ0v) is 20.8. The lowest BCUT2D eigenvalue weighted by atomic mass is 10.0. The maximum atomic E-state index is 13.0. The molecule has 1 aliphatic heterocycles. The number of nitrogens with zero attached hydrogens (tertiary/aromatic N) is 2. The van der Waals surface area contributed by atoms with Crippen LogP contribution in [0.2, 0.25) is 0 Å². The molecule has 2 aromatic rings. The van der Waals surface area contributed by atoms with Gasteiger partial charge in [-0.3, -0.25) is 9.35 Å². The molecule has 1 heterocycles. The summed E-state index contributed by atoms with van der Waals surface area (Å²) in [5.41, 5.74) is 0.824. The minimum atomic E-state index is -4.38. The highest BCUT2D eigenvalue weighted by Gasteiger charge is 2.30. The molecule has 1 amide bonds. The second-order valence-electron chi connectivity index (χ2n) is 8.41. The molecule has 11 heteroatoms. The van der Waals surface area contributed by atoms with E-state index in [1.54, 1.807) is 19.1 Å². The van der Waals surface area contributed by atoms with E-state index in [0.717, 1.165) is 49.4 Å². The van der Waals surface area contributed by atoms with Gasteiger partial charge in [-0.1, -0.05) is 24.3 Å². The fraction of sp³-hybridized carbons (Fsp3) is 0.458. The Balaban J connectivity index is 0.000000784. The first-order valence-electron chi connectivity index (χ1n) is 11.0. The van der Waals surface area contributed by atoms with Gasteiger partial charge in [0, 0.05) is 13.6 Å². The Morgan fingerprint density at radius 1 is 1.14 bits per heavy atom. The van der Waals surface area contributed by atoms with E-state index >= 15 is 0 Å². The highest BCUT2D eigenvalue weighted by atomic mass is 32.2. The van der Waals surface area contributed by atoms with E-state index in [4.69, 9.17) is 9.29 Å². The summed E-state index contributed by atoms with van der Waals surface area (Å²) < 4.78 is 69.5. The molecule has 35 heavy (non-hydrogen) atoms. The number of methoxy groups -OCH3 is 1. The molecule has 1 aliphatic rings. The van der Waals surface area contributed by atoms with Gasteiger partial charge in [0.05, 0.1) is 31.4 Å². The third kappa shape index (κ3) is 9.87. The van der Waals surface area contributed by atoms with E-state index in [2.05, 4.69) is 4.90 Å². The molecule has 194 valence electrons. The van der Waals surface area contributed by atoms with Gasteiger partial charge < -0.3 is 14.5 Å². The topological polar surface area (TPSA) is 87.2 Å². The van der Waals surface area contributed by atoms with Crippen molar-refractivity contribution in [2.45, 2.75) is 31.5 Å². The fourth-order valence-electron chi connectivity index (χ4n) is 3.79. The third-order valence-electron chi connectivity index (χ3n) is 5.61. The van der Waals surface area contributed by atoms with Crippen molar-refractivity contribution in [3.05, 3.63) is 65.2 Å². The number of rotatable bonds is 7. The number of hydrogen-bond donors (Lipinski definition) is 1. The van der Waals surface area contributed by atoms with Gasteiger partial charge in [0.25, 0.3) is 10.1 Å². The summed E-state index contributed by atoms with van der Waals surface area (Å²) >= 11 is 0. The number of likely N-dealkylation sites (tertiary alicyclic amines) is 1. The second-order valence-corrected chi connectivity index (χ2v) is 9.88. The van der Waals surface area contributed by atoms with Crippen LogP contribution < -0.4 is 4.74 Å². The normalized spacial score (nSPS) is 15.2. The summed E-state index contributed by atoms with van der Waals surface area (Å²) in [7, 11) is -0.305. The summed E-state index contributed by atoms with van der Waals surface area (Å²) in [6.45, 7) is 2.71. The Morgan fingerprint density at radius 3 is 2.23 bits per heavy atom. The first-order chi connectivity index (χ1) is 16.3. The zero-order valence-electron chi connectivity index (χ0n) is 20.0. The van der Waals surface area contributed by atoms with E-state index in [1.165, 1.54) is 12.1 Å². The predicted molar refractivity (Wildman–Crippen MR) is 127 cm³/mol. The molecule has 0 aromatic heterocycles. The average Bonchev–Trinajstić information content (AvgIpc) is 3.29. The van der Waals surface area contributed by atoms with Gasteiger partial charge in [-0.15, -0.1) is 0 Å². The van der Waals surface area contributed by atoms with Crippen molar-refractivity contribution in [1.82, 2.24) is 9.80 Å². The average molecular weight is 517 g/mol. The highest BCUT2D eigenvalue weighted by Crippen LogP contribution is 2.30. The van der Waals surface area contributed by atoms with Gasteiger partial charge in [0.1, 0.15) is 5.75 Å². The highest BCUT2D eigenvalue weighted by molar-refractivity contribution is 7.85. The van der Waals surface area contributed by atoms with E-state index in [-0.39, 0.29) is 18.4 Å². The molecule has 1 N–H and O–H groups in total. The molecule has 1 saturated heterocycles. The van der Waals surface area contributed by atoms with Crippen LogP contribution in [0.3, 0.4) is 0 Å². The number of ether oxygens (including phenoxy) is 1. The number of hydrogen-bond acceptors (Lipinski definition) is 5. The minimum absolute atomic E-state index is 0.0507. The lowest BCUT2D eigenvalue weighted by molar-refractivity contribution is -0.137. The molecule has 0 spiro atoms. The van der Waals surface area contributed by atoms with Crippen LogP contribution in [0.1, 0.15) is 35.6 Å². The number of carbonyl (C=O) groups excluding carboxylic acids is 1. The Labute approximate surface area is 204 Å². The molecule has 1 atom stereocenters. The molecular formula is C24H31F3N2O5S. The number of carbonyl (C=O) groups is 1. The van der Waals surface area contributed by atoms with Crippen molar-refractivity contribution in [3.8, 4) is 5.75 Å². The summed E-state index contributed by atoms with van der Waals surface area (Å²) in [5.74, 6) is 0.587. The van der Waals surface area contributed by atoms with Crippen molar-refractivity contribution >= 4 is 16.0 Å². The molecular weight excluding hydrogens is 485 g/mol. The second kappa shape index (κ2) is 12.4. The minimum Gasteiger partial charge on any atom is -0.497 e. The Bertz CT molecular complexity index is 1060. The maximum Gasteiger partial charge on any atom is 0.416 e. The maximum absolute atomic E-state index is 13.0. The monoisotopic (exact) mass is 516 g/mol. The number of alkyl halides is 3. The Hall–Kier alpha value is -2.63. The SMILES string of the molecule is COc1cccc(C(CN2CCCC2)N(C)C(=O)Cc2ccc(C(F)(F)F)cc2)c1.CS(=O)(=O)O. The van der Waals surface area contributed by atoms with E-state index < -0.39 is 21.9 Å². The van der Waals surface area contributed by atoms with Crippen LogP contribution >= 0.6 is 0 Å². The van der Waals surface area contributed by atoms with Crippen LogP contribution in [0, 0.1) is 0 Å². The molecule has 0 bridgehead atoms. The first-order valence-corrected chi connectivity index (χ1v) is 12.8. The Kier molecular flexibility index (Phi) is 10.1. The van der Waals surface area contributed by atoms with E-state index in [9.17, 15) is 26.4 Å².